The summed E-state index contributed by atoms with van der Waals surface area (Å²) in [7, 11) is 0. The highest BCUT2D eigenvalue weighted by Crippen LogP contribution is 2.22. The first-order valence-electron chi connectivity index (χ1n) is 6.17. The smallest absolute Gasteiger partial charge is 0.157 e. The molecule has 96 valence electrons. The fourth-order valence-corrected chi connectivity index (χ4v) is 2.09. The van der Waals surface area contributed by atoms with Crippen molar-refractivity contribution in [3.8, 4) is 0 Å². The predicted molar refractivity (Wildman–Crippen MR) is 69.0 cm³/mol. The van der Waals surface area contributed by atoms with Crippen LogP contribution in [-0.2, 0) is 4.74 Å². The van der Waals surface area contributed by atoms with Gasteiger partial charge in [-0.2, -0.15) is 0 Å². The van der Waals surface area contributed by atoms with Crippen molar-refractivity contribution in [1.82, 2.24) is 9.97 Å². The Morgan fingerprint density at radius 1 is 1.18 bits per heavy atom. The summed E-state index contributed by atoms with van der Waals surface area (Å²) in [6, 6.07) is 0. The zero-order valence-electron chi connectivity index (χ0n) is 11.4. The molecule has 0 aliphatic carbocycles. The van der Waals surface area contributed by atoms with E-state index >= 15 is 0 Å². The third-order valence-corrected chi connectivity index (χ3v) is 2.97. The predicted octanol–water partition coefficient (Wildman–Crippen LogP) is 2.25. The van der Waals surface area contributed by atoms with Crippen LogP contribution in [0, 0.1) is 13.8 Å². The summed E-state index contributed by atoms with van der Waals surface area (Å²) < 4.78 is 5.51. The molecule has 2 N–H and O–H groups in total. The molecule has 2 atom stereocenters. The Kier molecular flexibility index (Phi) is 5.02. The van der Waals surface area contributed by atoms with Crippen molar-refractivity contribution in [1.29, 1.82) is 0 Å². The van der Waals surface area contributed by atoms with Gasteiger partial charge in [0.15, 0.2) is 5.82 Å². The van der Waals surface area contributed by atoms with Crippen LogP contribution in [0.25, 0.3) is 0 Å². The normalized spacial score (nSPS) is 14.7. The van der Waals surface area contributed by atoms with Gasteiger partial charge in [-0.1, -0.05) is 6.92 Å². The van der Waals surface area contributed by atoms with E-state index in [1.165, 1.54) is 5.56 Å². The van der Waals surface area contributed by atoms with E-state index in [1.807, 2.05) is 27.7 Å². The molecule has 1 aromatic heterocycles. The van der Waals surface area contributed by atoms with Crippen molar-refractivity contribution in [3.05, 3.63) is 22.8 Å². The Bertz CT molecular complexity index is 356. The molecule has 0 radical (unpaired) electrons. The van der Waals surface area contributed by atoms with E-state index < -0.39 is 0 Å². The van der Waals surface area contributed by atoms with Gasteiger partial charge in [0.1, 0.15) is 6.10 Å². The molecule has 0 amide bonds. The highest BCUT2D eigenvalue weighted by molar-refractivity contribution is 5.28. The summed E-state index contributed by atoms with van der Waals surface area (Å²) in [6.07, 6.45) is -0.0559. The fraction of sp³-hybridized carbons (Fsp3) is 0.692. The van der Waals surface area contributed by atoms with Crippen molar-refractivity contribution >= 4 is 0 Å². The summed E-state index contributed by atoms with van der Waals surface area (Å²) in [6.45, 7) is 11.4. The van der Waals surface area contributed by atoms with Crippen LogP contribution in [0.1, 0.15) is 55.6 Å². The molecule has 1 rings (SSSR count). The van der Waals surface area contributed by atoms with E-state index in [9.17, 15) is 0 Å². The molecule has 1 aromatic rings. The standard InChI is InChI=1S/C13H23N3O/c1-6-17-11(5)13-15-9(3)12(8(2)7-14)10(4)16-13/h8,11H,6-7,14H2,1-5H3. The van der Waals surface area contributed by atoms with Crippen LogP contribution in [0.4, 0.5) is 0 Å². The van der Waals surface area contributed by atoms with Gasteiger partial charge in [0.2, 0.25) is 0 Å². The SMILES string of the molecule is CCOC(C)c1nc(C)c(C(C)CN)c(C)n1. The minimum atomic E-state index is -0.0559. The summed E-state index contributed by atoms with van der Waals surface area (Å²) in [4.78, 5) is 9.06. The van der Waals surface area contributed by atoms with Crippen LogP contribution < -0.4 is 5.73 Å². The number of hydrogen-bond acceptors (Lipinski definition) is 4. The quantitative estimate of drug-likeness (QED) is 0.853. The van der Waals surface area contributed by atoms with Gasteiger partial charge in [-0.15, -0.1) is 0 Å². The second kappa shape index (κ2) is 6.07. The molecular formula is C13H23N3O. The Morgan fingerprint density at radius 2 is 1.71 bits per heavy atom. The molecule has 17 heavy (non-hydrogen) atoms. The van der Waals surface area contributed by atoms with Crippen LogP contribution in [0.2, 0.25) is 0 Å². The highest BCUT2D eigenvalue weighted by Gasteiger charge is 2.16. The number of hydrogen-bond donors (Lipinski definition) is 1. The van der Waals surface area contributed by atoms with E-state index in [2.05, 4.69) is 16.9 Å². The molecule has 0 spiro atoms. The van der Waals surface area contributed by atoms with Crippen molar-refractivity contribution < 1.29 is 4.74 Å². The average molecular weight is 237 g/mol. The molecule has 0 aliphatic rings. The zero-order valence-corrected chi connectivity index (χ0v) is 11.4. The molecule has 0 saturated heterocycles. The number of nitrogens with two attached hydrogens (primary N) is 1. The third-order valence-electron chi connectivity index (χ3n) is 2.97. The number of rotatable bonds is 5. The second-order valence-electron chi connectivity index (χ2n) is 4.40. The fourth-order valence-electron chi connectivity index (χ4n) is 2.09. The van der Waals surface area contributed by atoms with Gasteiger partial charge < -0.3 is 10.5 Å². The zero-order chi connectivity index (χ0) is 13.0. The van der Waals surface area contributed by atoms with Crippen LogP contribution >= 0.6 is 0 Å². The van der Waals surface area contributed by atoms with Gasteiger partial charge in [0, 0.05) is 18.0 Å². The van der Waals surface area contributed by atoms with Gasteiger partial charge in [-0.3, -0.25) is 0 Å². The van der Waals surface area contributed by atoms with Gasteiger partial charge >= 0.3 is 0 Å². The Balaban J connectivity index is 3.09. The Hall–Kier alpha value is -1.00. The van der Waals surface area contributed by atoms with Crippen molar-refractivity contribution in [2.75, 3.05) is 13.2 Å². The first kappa shape index (κ1) is 14.1. The highest BCUT2D eigenvalue weighted by atomic mass is 16.5. The number of aryl methyl sites for hydroxylation is 2. The van der Waals surface area contributed by atoms with Crippen molar-refractivity contribution in [2.24, 2.45) is 5.73 Å². The lowest BCUT2D eigenvalue weighted by Gasteiger charge is -2.18. The molecule has 4 nitrogen and oxygen atoms in total. The molecule has 0 aliphatic heterocycles. The van der Waals surface area contributed by atoms with Crippen molar-refractivity contribution in [3.63, 3.8) is 0 Å². The first-order valence-corrected chi connectivity index (χ1v) is 6.17. The molecule has 0 saturated carbocycles. The van der Waals surface area contributed by atoms with Crippen LogP contribution in [-0.4, -0.2) is 23.1 Å². The third kappa shape index (κ3) is 3.23. The molecular weight excluding hydrogens is 214 g/mol. The Labute approximate surface area is 104 Å². The van der Waals surface area contributed by atoms with Crippen LogP contribution in [0.5, 0.6) is 0 Å². The summed E-state index contributed by atoms with van der Waals surface area (Å²) in [5, 5.41) is 0. The molecule has 4 heteroatoms. The lowest BCUT2D eigenvalue weighted by Crippen LogP contribution is -2.16. The second-order valence-corrected chi connectivity index (χ2v) is 4.40. The van der Waals surface area contributed by atoms with E-state index in [0.717, 1.165) is 17.2 Å². The summed E-state index contributed by atoms with van der Waals surface area (Å²) in [5.41, 5.74) is 8.90. The van der Waals surface area contributed by atoms with Gasteiger partial charge in [-0.25, -0.2) is 9.97 Å². The number of aromatic nitrogens is 2. The largest absolute Gasteiger partial charge is 0.371 e. The van der Waals surface area contributed by atoms with E-state index in [0.29, 0.717) is 19.1 Å². The topological polar surface area (TPSA) is 61.0 Å². The van der Waals surface area contributed by atoms with Crippen LogP contribution in [0.15, 0.2) is 0 Å². The van der Waals surface area contributed by atoms with Gasteiger partial charge in [0.25, 0.3) is 0 Å². The van der Waals surface area contributed by atoms with E-state index in [4.69, 9.17) is 10.5 Å². The summed E-state index contributed by atoms with van der Waals surface area (Å²) in [5.74, 6) is 1.06. The lowest BCUT2D eigenvalue weighted by molar-refractivity contribution is 0.0697. The maximum Gasteiger partial charge on any atom is 0.157 e. The number of nitrogens with zero attached hydrogens (tertiary/aromatic N) is 2. The number of ether oxygens (including phenoxy) is 1. The molecule has 0 aromatic carbocycles. The Morgan fingerprint density at radius 3 is 2.12 bits per heavy atom. The lowest BCUT2D eigenvalue weighted by atomic mass is 9.98. The molecule has 1 heterocycles. The molecule has 0 fully saturated rings. The average Bonchev–Trinajstić information content (AvgIpc) is 2.28. The van der Waals surface area contributed by atoms with Crippen LogP contribution in [0.3, 0.4) is 0 Å². The maximum absolute atomic E-state index is 5.71. The van der Waals surface area contributed by atoms with E-state index in [1.54, 1.807) is 0 Å². The molecule has 0 bridgehead atoms. The minimum Gasteiger partial charge on any atom is -0.371 e. The minimum absolute atomic E-state index is 0.0559. The monoisotopic (exact) mass is 237 g/mol. The summed E-state index contributed by atoms with van der Waals surface area (Å²) >= 11 is 0. The maximum atomic E-state index is 5.71. The first-order chi connectivity index (χ1) is 8.01. The van der Waals surface area contributed by atoms with Gasteiger partial charge in [0.05, 0.1) is 0 Å². The molecule has 2 unspecified atom stereocenters. The van der Waals surface area contributed by atoms with Crippen molar-refractivity contribution in [2.45, 2.75) is 46.6 Å². The van der Waals surface area contributed by atoms with Gasteiger partial charge in [-0.05, 0) is 45.7 Å². The van der Waals surface area contributed by atoms with E-state index in [-0.39, 0.29) is 6.10 Å².